The number of benzene rings is 1. The molecule has 1 N–H and O–H groups in total. The molecule has 0 aliphatic heterocycles. The maximum absolute atomic E-state index is 12.0. The normalized spacial score (nSPS) is 11.5. The highest BCUT2D eigenvalue weighted by Gasteiger charge is 2.12. The lowest BCUT2D eigenvalue weighted by molar-refractivity contribution is 0.795. The zero-order chi connectivity index (χ0) is 14.6. The maximum Gasteiger partial charge on any atom is 0.328 e. The predicted octanol–water partition coefficient (Wildman–Crippen LogP) is 1.82. The Bertz CT molecular complexity index is 1040. The predicted molar refractivity (Wildman–Crippen MR) is 81.0 cm³/mol. The van der Waals surface area contributed by atoms with Gasteiger partial charge < -0.3 is 4.98 Å². The van der Waals surface area contributed by atoms with Crippen molar-refractivity contribution >= 4 is 22.1 Å². The fraction of sp³-hybridized carbons (Fsp3) is 0.133. The Balaban J connectivity index is 2.05. The number of H-pyrrole nitrogens is 1. The van der Waals surface area contributed by atoms with Gasteiger partial charge in [0, 0.05) is 25.9 Å². The van der Waals surface area contributed by atoms with Gasteiger partial charge in [-0.05, 0) is 18.2 Å². The summed E-state index contributed by atoms with van der Waals surface area (Å²) in [6.45, 7) is 0. The summed E-state index contributed by atoms with van der Waals surface area (Å²) >= 11 is 0. The number of aryl methyl sites for hydroxylation is 2. The van der Waals surface area contributed by atoms with E-state index in [9.17, 15) is 4.79 Å². The van der Waals surface area contributed by atoms with Crippen molar-refractivity contribution in [2.75, 3.05) is 0 Å². The van der Waals surface area contributed by atoms with Crippen LogP contribution in [0.3, 0.4) is 0 Å². The first-order valence-corrected chi connectivity index (χ1v) is 6.61. The lowest BCUT2D eigenvalue weighted by Crippen LogP contribution is -2.19. The van der Waals surface area contributed by atoms with Crippen molar-refractivity contribution in [3.8, 4) is 11.3 Å². The van der Waals surface area contributed by atoms with Crippen LogP contribution in [0.1, 0.15) is 0 Å². The van der Waals surface area contributed by atoms with Crippen LogP contribution in [-0.2, 0) is 14.1 Å². The molecule has 4 rings (SSSR count). The van der Waals surface area contributed by atoms with Gasteiger partial charge in [0.15, 0.2) is 0 Å². The van der Waals surface area contributed by atoms with E-state index in [0.29, 0.717) is 0 Å². The van der Waals surface area contributed by atoms with E-state index in [0.717, 1.165) is 33.3 Å². The Morgan fingerprint density at radius 1 is 1.05 bits per heavy atom. The average molecular weight is 279 g/mol. The summed E-state index contributed by atoms with van der Waals surface area (Å²) in [5, 5.41) is 0. The van der Waals surface area contributed by atoms with E-state index < -0.39 is 0 Å². The third-order valence-electron chi connectivity index (χ3n) is 3.88. The number of nitrogens with zero attached hydrogens (tertiary/aromatic N) is 4. The van der Waals surface area contributed by atoms with E-state index in [1.807, 2.05) is 24.3 Å². The third-order valence-corrected chi connectivity index (χ3v) is 3.88. The number of hydrogen-bond acceptors (Lipinski definition) is 3. The first-order valence-electron chi connectivity index (χ1n) is 6.61. The van der Waals surface area contributed by atoms with Gasteiger partial charge in [-0.1, -0.05) is 6.07 Å². The summed E-state index contributed by atoms with van der Waals surface area (Å²) < 4.78 is 3.28. The molecule has 0 atom stereocenters. The van der Waals surface area contributed by atoms with Gasteiger partial charge in [0.25, 0.3) is 0 Å². The van der Waals surface area contributed by atoms with Gasteiger partial charge in [-0.15, -0.1) is 0 Å². The average Bonchev–Trinajstić information content (AvgIpc) is 3.07. The summed E-state index contributed by atoms with van der Waals surface area (Å²) in [6, 6.07) is 7.78. The van der Waals surface area contributed by atoms with E-state index in [2.05, 4.69) is 15.0 Å². The van der Waals surface area contributed by atoms with Gasteiger partial charge in [0.2, 0.25) is 0 Å². The Morgan fingerprint density at radius 3 is 2.71 bits per heavy atom. The molecule has 0 radical (unpaired) electrons. The number of fused-ring (bicyclic) bond motifs is 2. The zero-order valence-corrected chi connectivity index (χ0v) is 11.7. The van der Waals surface area contributed by atoms with E-state index in [1.54, 1.807) is 35.8 Å². The lowest BCUT2D eigenvalue weighted by Gasteiger charge is -2.03. The highest BCUT2D eigenvalue weighted by Crippen LogP contribution is 2.26. The molecule has 21 heavy (non-hydrogen) atoms. The highest BCUT2D eigenvalue weighted by atomic mass is 16.1. The van der Waals surface area contributed by atoms with Crippen LogP contribution in [0, 0.1) is 0 Å². The molecule has 0 amide bonds. The molecule has 1 aromatic carbocycles. The molecular formula is C15H13N5O. The van der Waals surface area contributed by atoms with Gasteiger partial charge >= 0.3 is 5.69 Å². The summed E-state index contributed by atoms with van der Waals surface area (Å²) in [5.41, 5.74) is 5.29. The van der Waals surface area contributed by atoms with Crippen molar-refractivity contribution in [3.63, 3.8) is 0 Å². The molecule has 0 fully saturated rings. The van der Waals surface area contributed by atoms with Crippen LogP contribution in [-0.4, -0.2) is 24.1 Å². The van der Waals surface area contributed by atoms with Crippen LogP contribution < -0.4 is 5.69 Å². The van der Waals surface area contributed by atoms with Crippen LogP contribution in [0.2, 0.25) is 0 Å². The molecule has 0 aliphatic carbocycles. The second kappa shape index (κ2) is 4.05. The molecule has 3 heterocycles. The summed E-state index contributed by atoms with van der Waals surface area (Å²) in [7, 11) is 3.55. The van der Waals surface area contributed by atoms with Crippen LogP contribution >= 0.6 is 0 Å². The summed E-state index contributed by atoms with van der Waals surface area (Å²) in [5.74, 6) is 0. The Kier molecular flexibility index (Phi) is 2.29. The number of aromatic amines is 1. The van der Waals surface area contributed by atoms with Crippen molar-refractivity contribution in [1.29, 1.82) is 0 Å². The number of rotatable bonds is 1. The van der Waals surface area contributed by atoms with Crippen LogP contribution in [0.5, 0.6) is 0 Å². The molecule has 0 bridgehead atoms. The highest BCUT2D eigenvalue weighted by molar-refractivity contribution is 5.92. The van der Waals surface area contributed by atoms with Gasteiger partial charge in [-0.3, -0.25) is 14.1 Å². The van der Waals surface area contributed by atoms with Crippen molar-refractivity contribution in [2.24, 2.45) is 14.1 Å². The van der Waals surface area contributed by atoms with Crippen molar-refractivity contribution < 1.29 is 0 Å². The number of aromatic nitrogens is 5. The molecule has 6 nitrogen and oxygen atoms in total. The summed E-state index contributed by atoms with van der Waals surface area (Å²) in [6.07, 6.45) is 3.41. The van der Waals surface area contributed by atoms with Crippen LogP contribution in [0.4, 0.5) is 0 Å². The smallest absolute Gasteiger partial charge is 0.328 e. The molecule has 0 aliphatic rings. The molecule has 0 saturated carbocycles. The Morgan fingerprint density at radius 2 is 1.86 bits per heavy atom. The molecule has 6 heteroatoms. The molecule has 0 saturated heterocycles. The number of hydrogen-bond donors (Lipinski definition) is 1. The second-order valence-corrected chi connectivity index (χ2v) is 5.06. The minimum absolute atomic E-state index is 0.0342. The first kappa shape index (κ1) is 11.9. The Hall–Kier alpha value is -2.89. The quantitative estimate of drug-likeness (QED) is 0.578. The van der Waals surface area contributed by atoms with Gasteiger partial charge in [-0.25, -0.2) is 9.78 Å². The van der Waals surface area contributed by atoms with Gasteiger partial charge in [0.1, 0.15) is 5.52 Å². The number of nitrogens with one attached hydrogen (secondary N) is 1. The number of pyridine rings is 1. The van der Waals surface area contributed by atoms with Crippen molar-refractivity contribution in [1.82, 2.24) is 24.1 Å². The SMILES string of the molecule is Cn1c(=O)n(C)c2cc(-c3nccc4[nH]cnc34)ccc21. The topological polar surface area (TPSA) is 68.5 Å². The molecule has 0 spiro atoms. The Labute approximate surface area is 119 Å². The molecule has 4 aromatic rings. The first-order chi connectivity index (χ1) is 10.2. The maximum atomic E-state index is 12.0. The van der Waals surface area contributed by atoms with Crippen molar-refractivity contribution in [3.05, 3.63) is 47.3 Å². The van der Waals surface area contributed by atoms with E-state index in [1.165, 1.54) is 0 Å². The zero-order valence-electron chi connectivity index (χ0n) is 11.7. The van der Waals surface area contributed by atoms with Crippen LogP contribution in [0.25, 0.3) is 33.3 Å². The second-order valence-electron chi connectivity index (χ2n) is 5.06. The third kappa shape index (κ3) is 1.56. The molecule has 3 aromatic heterocycles. The standard InChI is InChI=1S/C15H13N5O/c1-19-11-4-3-9(7-12(11)20(2)15(19)21)13-14-10(5-6-16-13)17-8-18-14/h3-8H,1-2H3,(H,17,18). The van der Waals surface area contributed by atoms with E-state index in [4.69, 9.17) is 0 Å². The minimum atomic E-state index is -0.0342. The van der Waals surface area contributed by atoms with E-state index in [-0.39, 0.29) is 5.69 Å². The van der Waals surface area contributed by atoms with Crippen molar-refractivity contribution in [2.45, 2.75) is 0 Å². The molecule has 0 unspecified atom stereocenters. The molecular weight excluding hydrogens is 266 g/mol. The lowest BCUT2D eigenvalue weighted by atomic mass is 10.1. The van der Waals surface area contributed by atoms with E-state index >= 15 is 0 Å². The summed E-state index contributed by atoms with van der Waals surface area (Å²) in [4.78, 5) is 23.8. The molecule has 104 valence electrons. The van der Waals surface area contributed by atoms with Gasteiger partial charge in [-0.2, -0.15) is 0 Å². The monoisotopic (exact) mass is 279 g/mol. The fourth-order valence-corrected chi connectivity index (χ4v) is 2.73. The van der Waals surface area contributed by atoms with Gasteiger partial charge in [0.05, 0.1) is 28.6 Å². The minimum Gasteiger partial charge on any atom is -0.344 e. The number of imidazole rings is 2. The fourth-order valence-electron chi connectivity index (χ4n) is 2.73. The largest absolute Gasteiger partial charge is 0.344 e. The van der Waals surface area contributed by atoms with Crippen LogP contribution in [0.15, 0.2) is 41.6 Å².